The predicted octanol–water partition coefficient (Wildman–Crippen LogP) is 2.11. The highest BCUT2D eigenvalue weighted by atomic mass is 32.2. The van der Waals surface area contributed by atoms with E-state index >= 15 is 0 Å². The van der Waals surface area contributed by atoms with Crippen molar-refractivity contribution in [2.75, 3.05) is 32.8 Å². The molecule has 3 rings (SSSR count). The number of hydrogen-bond acceptors (Lipinski definition) is 5. The van der Waals surface area contributed by atoms with Gasteiger partial charge in [0.25, 0.3) is 5.91 Å². The quantitative estimate of drug-likeness (QED) is 0.674. The summed E-state index contributed by atoms with van der Waals surface area (Å²) >= 11 is 0. The number of sulfonamides is 1. The van der Waals surface area contributed by atoms with E-state index in [0.29, 0.717) is 24.4 Å². The molecule has 1 aliphatic heterocycles. The average Bonchev–Trinajstić information content (AvgIpc) is 2.72. The lowest BCUT2D eigenvalue weighted by Gasteiger charge is -2.34. The maximum Gasteiger partial charge on any atom is 0.260 e. The van der Waals surface area contributed by atoms with Crippen LogP contribution in [0.5, 0.6) is 5.75 Å². The molecule has 0 bridgehead atoms. The van der Waals surface area contributed by atoms with Crippen molar-refractivity contribution in [1.82, 2.24) is 9.21 Å². The molecule has 1 fully saturated rings. The highest BCUT2D eigenvalue weighted by Gasteiger charge is 2.30. The number of rotatable bonds is 6. The van der Waals surface area contributed by atoms with Crippen LogP contribution in [-0.4, -0.2) is 62.1 Å². The molecule has 0 spiro atoms. The van der Waals surface area contributed by atoms with Crippen molar-refractivity contribution in [2.24, 2.45) is 0 Å². The first-order valence-electron chi connectivity index (χ1n) is 9.36. The molecule has 1 heterocycles. The number of aryl methyl sites for hydroxylation is 1. The Morgan fingerprint density at radius 3 is 2.28 bits per heavy atom. The maximum atomic E-state index is 12.7. The lowest BCUT2D eigenvalue weighted by molar-refractivity contribution is -0.134. The Kier molecular flexibility index (Phi) is 6.34. The zero-order valence-corrected chi connectivity index (χ0v) is 17.3. The van der Waals surface area contributed by atoms with E-state index < -0.39 is 10.0 Å². The summed E-state index contributed by atoms with van der Waals surface area (Å²) in [5.74, 6) is 0.157. The largest absolute Gasteiger partial charge is 0.484 e. The SMILES string of the molecule is CC(=O)c1cccc(OCC(=O)N2CCN(S(=O)(=O)c3ccc(C)cc3)CC2)c1. The Morgan fingerprint density at radius 2 is 1.66 bits per heavy atom. The molecule has 1 amide bonds. The van der Waals surface area contributed by atoms with Gasteiger partial charge in [-0.25, -0.2) is 8.42 Å². The van der Waals surface area contributed by atoms with Crippen LogP contribution in [-0.2, 0) is 14.8 Å². The third-order valence-electron chi connectivity index (χ3n) is 4.85. The van der Waals surface area contributed by atoms with Crippen LogP contribution in [0.4, 0.5) is 0 Å². The second kappa shape index (κ2) is 8.75. The van der Waals surface area contributed by atoms with E-state index in [0.717, 1.165) is 5.56 Å². The maximum absolute atomic E-state index is 12.7. The van der Waals surface area contributed by atoms with Gasteiger partial charge in [-0.15, -0.1) is 0 Å². The molecule has 29 heavy (non-hydrogen) atoms. The van der Waals surface area contributed by atoms with Crippen molar-refractivity contribution in [3.8, 4) is 5.75 Å². The summed E-state index contributed by atoms with van der Waals surface area (Å²) in [6.45, 7) is 4.30. The van der Waals surface area contributed by atoms with Gasteiger partial charge in [0.05, 0.1) is 4.90 Å². The minimum atomic E-state index is -3.56. The topological polar surface area (TPSA) is 84.0 Å². The van der Waals surface area contributed by atoms with E-state index in [1.165, 1.54) is 11.2 Å². The molecule has 2 aromatic rings. The van der Waals surface area contributed by atoms with Gasteiger partial charge >= 0.3 is 0 Å². The molecular formula is C21H24N2O5S. The number of piperazine rings is 1. The first-order chi connectivity index (χ1) is 13.8. The van der Waals surface area contributed by atoms with Crippen molar-refractivity contribution in [2.45, 2.75) is 18.7 Å². The summed E-state index contributed by atoms with van der Waals surface area (Å²) in [4.78, 5) is 25.7. The normalized spacial score (nSPS) is 15.2. The Morgan fingerprint density at radius 1 is 1.00 bits per heavy atom. The lowest BCUT2D eigenvalue weighted by atomic mass is 10.1. The minimum Gasteiger partial charge on any atom is -0.484 e. The molecular weight excluding hydrogens is 392 g/mol. The average molecular weight is 416 g/mol. The van der Waals surface area contributed by atoms with E-state index in [1.807, 2.05) is 6.92 Å². The third kappa shape index (κ3) is 5.02. The van der Waals surface area contributed by atoms with Crippen LogP contribution in [0.2, 0.25) is 0 Å². The molecule has 0 N–H and O–H groups in total. The first kappa shape index (κ1) is 21.0. The Bertz CT molecular complexity index is 994. The number of hydrogen-bond donors (Lipinski definition) is 0. The molecule has 0 unspecified atom stereocenters. The molecule has 1 aliphatic rings. The Labute approximate surface area is 170 Å². The zero-order valence-electron chi connectivity index (χ0n) is 16.5. The van der Waals surface area contributed by atoms with Crippen LogP contribution in [0.1, 0.15) is 22.8 Å². The minimum absolute atomic E-state index is 0.0762. The summed E-state index contributed by atoms with van der Waals surface area (Å²) < 4.78 is 32.4. The van der Waals surface area contributed by atoms with Crippen molar-refractivity contribution < 1.29 is 22.7 Å². The van der Waals surface area contributed by atoms with E-state index in [2.05, 4.69) is 0 Å². The highest BCUT2D eigenvalue weighted by Crippen LogP contribution is 2.19. The van der Waals surface area contributed by atoms with Gasteiger partial charge < -0.3 is 9.64 Å². The smallest absolute Gasteiger partial charge is 0.260 e. The summed E-state index contributed by atoms with van der Waals surface area (Å²) in [5, 5.41) is 0. The zero-order chi connectivity index (χ0) is 21.0. The molecule has 1 saturated heterocycles. The molecule has 0 saturated carbocycles. The second-order valence-electron chi connectivity index (χ2n) is 6.97. The van der Waals surface area contributed by atoms with Crippen molar-refractivity contribution in [3.05, 3.63) is 59.7 Å². The van der Waals surface area contributed by atoms with E-state index in [1.54, 1.807) is 53.4 Å². The fraction of sp³-hybridized carbons (Fsp3) is 0.333. The molecule has 8 heteroatoms. The van der Waals surface area contributed by atoms with Gasteiger partial charge in [0.2, 0.25) is 10.0 Å². The summed E-state index contributed by atoms with van der Waals surface area (Å²) in [6, 6.07) is 13.4. The van der Waals surface area contributed by atoms with Gasteiger partial charge in [-0.1, -0.05) is 29.8 Å². The number of ether oxygens (including phenoxy) is 1. The monoisotopic (exact) mass is 416 g/mol. The fourth-order valence-electron chi connectivity index (χ4n) is 3.08. The van der Waals surface area contributed by atoms with Crippen LogP contribution in [0.3, 0.4) is 0 Å². The molecule has 0 atom stereocenters. The molecule has 0 aromatic heterocycles. The van der Waals surface area contributed by atoms with Crippen LogP contribution >= 0.6 is 0 Å². The molecule has 2 aromatic carbocycles. The van der Waals surface area contributed by atoms with Crippen molar-refractivity contribution >= 4 is 21.7 Å². The third-order valence-corrected chi connectivity index (χ3v) is 6.77. The Hall–Kier alpha value is -2.71. The van der Waals surface area contributed by atoms with Crippen molar-refractivity contribution in [3.63, 3.8) is 0 Å². The van der Waals surface area contributed by atoms with Gasteiger partial charge in [-0.3, -0.25) is 9.59 Å². The van der Waals surface area contributed by atoms with Gasteiger partial charge in [-0.2, -0.15) is 4.31 Å². The summed E-state index contributed by atoms with van der Waals surface area (Å²) in [5.41, 5.74) is 1.51. The predicted molar refractivity (Wildman–Crippen MR) is 108 cm³/mol. The number of Topliss-reactive ketones (excluding diaryl/α,β-unsaturated/α-hetero) is 1. The fourth-order valence-corrected chi connectivity index (χ4v) is 4.50. The first-order valence-corrected chi connectivity index (χ1v) is 10.8. The van der Waals surface area contributed by atoms with E-state index in [9.17, 15) is 18.0 Å². The summed E-state index contributed by atoms with van der Waals surface area (Å²) in [7, 11) is -3.56. The number of ketones is 1. The molecule has 0 aliphatic carbocycles. The van der Waals surface area contributed by atoms with Gasteiger partial charge in [0, 0.05) is 31.7 Å². The van der Waals surface area contributed by atoms with E-state index in [-0.39, 0.29) is 36.3 Å². The molecule has 7 nitrogen and oxygen atoms in total. The summed E-state index contributed by atoms with van der Waals surface area (Å²) in [6.07, 6.45) is 0. The number of amides is 1. The van der Waals surface area contributed by atoms with E-state index in [4.69, 9.17) is 4.74 Å². The number of benzene rings is 2. The Balaban J connectivity index is 1.55. The molecule has 154 valence electrons. The van der Waals surface area contributed by atoms with Crippen LogP contribution in [0.25, 0.3) is 0 Å². The second-order valence-corrected chi connectivity index (χ2v) is 8.91. The van der Waals surface area contributed by atoms with Gasteiger partial charge in [0.1, 0.15) is 5.75 Å². The van der Waals surface area contributed by atoms with Crippen molar-refractivity contribution in [1.29, 1.82) is 0 Å². The number of carbonyl (C=O) groups excluding carboxylic acids is 2. The van der Waals surface area contributed by atoms with Crippen LogP contribution in [0, 0.1) is 6.92 Å². The molecule has 0 radical (unpaired) electrons. The number of nitrogens with zero attached hydrogens (tertiary/aromatic N) is 2. The van der Waals surface area contributed by atoms with Gasteiger partial charge in [0.15, 0.2) is 12.4 Å². The van der Waals surface area contributed by atoms with Gasteiger partial charge in [-0.05, 0) is 38.1 Å². The van der Waals surface area contributed by atoms with Crippen LogP contribution < -0.4 is 4.74 Å². The number of carbonyl (C=O) groups is 2. The van der Waals surface area contributed by atoms with Crippen LogP contribution in [0.15, 0.2) is 53.4 Å². The lowest BCUT2D eigenvalue weighted by Crippen LogP contribution is -2.51. The highest BCUT2D eigenvalue weighted by molar-refractivity contribution is 7.89. The standard InChI is InChI=1S/C21H24N2O5S/c1-16-6-8-20(9-7-16)29(26,27)23-12-10-22(11-13-23)21(25)15-28-19-5-3-4-18(14-19)17(2)24/h3-9,14H,10-13,15H2,1-2H3.